The zero-order valence-electron chi connectivity index (χ0n) is 5.62. The molecule has 1 aromatic rings. The first-order valence-corrected chi connectivity index (χ1v) is 3.45. The number of nitrogens with zero attached hydrogens (tertiary/aromatic N) is 2. The Kier molecular flexibility index (Phi) is 2.38. The fourth-order valence-electron chi connectivity index (χ4n) is 0.598. The second-order valence-electron chi connectivity index (χ2n) is 1.86. The molecule has 0 aromatic carbocycles. The van der Waals surface area contributed by atoms with Crippen LogP contribution in [0, 0.1) is 0 Å². The number of hydrogen-bond donors (Lipinski definition) is 1. The number of halogens is 1. The van der Waals surface area contributed by atoms with Gasteiger partial charge in [0.2, 0.25) is 5.95 Å². The van der Waals surface area contributed by atoms with Gasteiger partial charge in [-0.05, 0) is 6.07 Å². The molecule has 0 unspecified atom stereocenters. The van der Waals surface area contributed by atoms with Gasteiger partial charge in [0.05, 0.1) is 5.88 Å². The highest BCUT2D eigenvalue weighted by Gasteiger charge is 2.04. The van der Waals surface area contributed by atoms with Crippen LogP contribution in [0.5, 0.6) is 0 Å². The van der Waals surface area contributed by atoms with Crippen LogP contribution >= 0.6 is 11.6 Å². The van der Waals surface area contributed by atoms with Gasteiger partial charge >= 0.3 is 0 Å². The lowest BCUT2D eigenvalue weighted by molar-refractivity contribution is 0.101. The Labute approximate surface area is 68.4 Å². The van der Waals surface area contributed by atoms with Crippen molar-refractivity contribution in [1.82, 2.24) is 9.97 Å². The minimum atomic E-state index is -0.249. The predicted molar refractivity (Wildman–Crippen MR) is 41.5 cm³/mol. The number of ketones is 1. The van der Waals surface area contributed by atoms with Crippen LogP contribution in [0.2, 0.25) is 0 Å². The Morgan fingerprint density at radius 3 is 3.00 bits per heavy atom. The van der Waals surface area contributed by atoms with Gasteiger partial charge in [-0.1, -0.05) is 0 Å². The number of anilines is 1. The zero-order valence-corrected chi connectivity index (χ0v) is 6.38. The Balaban J connectivity index is 2.96. The van der Waals surface area contributed by atoms with Crippen molar-refractivity contribution in [2.45, 2.75) is 0 Å². The SMILES string of the molecule is Nc1nccc(C(=O)CCl)n1. The number of carbonyl (C=O) groups is 1. The van der Waals surface area contributed by atoms with E-state index in [4.69, 9.17) is 17.3 Å². The van der Waals surface area contributed by atoms with E-state index in [1.165, 1.54) is 12.3 Å². The quantitative estimate of drug-likeness (QED) is 0.519. The van der Waals surface area contributed by atoms with Gasteiger partial charge in [-0.15, -0.1) is 11.6 Å². The third-order valence-corrected chi connectivity index (χ3v) is 1.32. The van der Waals surface area contributed by atoms with Crippen molar-refractivity contribution < 1.29 is 4.79 Å². The first-order chi connectivity index (χ1) is 5.24. The van der Waals surface area contributed by atoms with Crippen molar-refractivity contribution in [2.24, 2.45) is 0 Å². The predicted octanol–water partition coefficient (Wildman–Crippen LogP) is 0.480. The molecule has 0 aliphatic heterocycles. The molecule has 0 amide bonds. The standard InChI is InChI=1S/C6H6ClN3O/c7-3-5(11)4-1-2-9-6(8)10-4/h1-2H,3H2,(H2,8,9,10). The topological polar surface area (TPSA) is 68.9 Å². The molecule has 0 saturated heterocycles. The number of rotatable bonds is 2. The molecule has 0 atom stereocenters. The molecule has 1 rings (SSSR count). The molecular weight excluding hydrogens is 166 g/mol. The third kappa shape index (κ3) is 1.88. The number of aromatic nitrogens is 2. The Bertz CT molecular complexity index is 276. The lowest BCUT2D eigenvalue weighted by Gasteiger charge is -1.94. The van der Waals surface area contributed by atoms with E-state index in [0.29, 0.717) is 0 Å². The molecule has 1 heterocycles. The van der Waals surface area contributed by atoms with Crippen molar-refractivity contribution in [2.75, 3.05) is 11.6 Å². The van der Waals surface area contributed by atoms with Gasteiger partial charge in [-0.25, -0.2) is 9.97 Å². The number of hydrogen-bond acceptors (Lipinski definition) is 4. The zero-order chi connectivity index (χ0) is 8.27. The van der Waals surface area contributed by atoms with Gasteiger partial charge in [0, 0.05) is 6.20 Å². The summed E-state index contributed by atoms with van der Waals surface area (Å²) in [5.41, 5.74) is 5.49. The van der Waals surface area contributed by atoms with E-state index < -0.39 is 0 Å². The van der Waals surface area contributed by atoms with Crippen molar-refractivity contribution in [3.8, 4) is 0 Å². The van der Waals surface area contributed by atoms with E-state index in [2.05, 4.69) is 9.97 Å². The highest BCUT2D eigenvalue weighted by molar-refractivity contribution is 6.30. The molecule has 0 spiro atoms. The van der Waals surface area contributed by atoms with Gasteiger partial charge in [0.1, 0.15) is 5.69 Å². The van der Waals surface area contributed by atoms with Crippen LogP contribution in [0.15, 0.2) is 12.3 Å². The summed E-state index contributed by atoms with van der Waals surface area (Å²) >= 11 is 5.29. The molecule has 1 aromatic heterocycles. The van der Waals surface area contributed by atoms with Gasteiger partial charge in [-0.3, -0.25) is 4.79 Å². The molecule has 0 fully saturated rings. The summed E-state index contributed by atoms with van der Waals surface area (Å²) in [5.74, 6) is -0.252. The molecule has 2 N–H and O–H groups in total. The van der Waals surface area contributed by atoms with Crippen molar-refractivity contribution >= 4 is 23.3 Å². The maximum Gasteiger partial charge on any atom is 0.220 e. The monoisotopic (exact) mass is 171 g/mol. The summed E-state index contributed by atoms with van der Waals surface area (Å²) in [6.45, 7) is 0. The van der Waals surface area contributed by atoms with E-state index in [-0.39, 0.29) is 23.3 Å². The molecule has 0 aliphatic rings. The summed E-state index contributed by atoms with van der Waals surface area (Å²) in [6.07, 6.45) is 1.42. The first-order valence-electron chi connectivity index (χ1n) is 2.91. The largest absolute Gasteiger partial charge is 0.368 e. The smallest absolute Gasteiger partial charge is 0.220 e. The second kappa shape index (κ2) is 3.30. The maximum atomic E-state index is 10.9. The molecule has 0 radical (unpaired) electrons. The van der Waals surface area contributed by atoms with E-state index in [1.807, 2.05) is 0 Å². The van der Waals surface area contributed by atoms with E-state index in [9.17, 15) is 4.79 Å². The van der Waals surface area contributed by atoms with Gasteiger partial charge in [0.15, 0.2) is 5.78 Å². The van der Waals surface area contributed by atoms with Crippen LogP contribution in [0.4, 0.5) is 5.95 Å². The Morgan fingerprint density at radius 1 is 1.73 bits per heavy atom. The lowest BCUT2D eigenvalue weighted by Crippen LogP contribution is -2.06. The molecule has 0 bridgehead atoms. The fraction of sp³-hybridized carbons (Fsp3) is 0.167. The van der Waals surface area contributed by atoms with Crippen molar-refractivity contribution in [3.63, 3.8) is 0 Å². The minimum absolute atomic E-state index is 0.0842. The maximum absolute atomic E-state index is 10.9. The number of Topliss-reactive ketones (excluding diaryl/α,β-unsaturated/α-hetero) is 1. The Morgan fingerprint density at radius 2 is 2.45 bits per heavy atom. The molecule has 5 heteroatoms. The van der Waals surface area contributed by atoms with Crippen LogP contribution in [0.1, 0.15) is 10.5 Å². The number of nitrogens with two attached hydrogens (primary N) is 1. The van der Waals surface area contributed by atoms with Crippen LogP contribution in [0.3, 0.4) is 0 Å². The van der Waals surface area contributed by atoms with Crippen molar-refractivity contribution in [1.29, 1.82) is 0 Å². The first kappa shape index (κ1) is 7.94. The molecule has 4 nitrogen and oxygen atoms in total. The summed E-state index contributed by atoms with van der Waals surface area (Å²) in [6, 6.07) is 1.47. The number of alkyl halides is 1. The lowest BCUT2D eigenvalue weighted by atomic mass is 10.3. The van der Waals surface area contributed by atoms with Crippen molar-refractivity contribution in [3.05, 3.63) is 18.0 Å². The van der Waals surface area contributed by atoms with Crippen LogP contribution in [0.25, 0.3) is 0 Å². The summed E-state index contributed by atoms with van der Waals surface area (Å²) in [7, 11) is 0. The fourth-order valence-corrected chi connectivity index (χ4v) is 0.734. The molecule has 11 heavy (non-hydrogen) atoms. The average Bonchev–Trinajstić information content (AvgIpc) is 2.03. The molecule has 0 saturated carbocycles. The van der Waals surface area contributed by atoms with E-state index in [0.717, 1.165) is 0 Å². The molecule has 58 valence electrons. The summed E-state index contributed by atoms with van der Waals surface area (Å²) < 4.78 is 0. The highest BCUT2D eigenvalue weighted by Crippen LogP contribution is 1.98. The van der Waals surface area contributed by atoms with E-state index in [1.54, 1.807) is 0 Å². The van der Waals surface area contributed by atoms with E-state index >= 15 is 0 Å². The summed E-state index contributed by atoms with van der Waals surface area (Å²) in [5, 5.41) is 0. The van der Waals surface area contributed by atoms with Crippen LogP contribution < -0.4 is 5.73 Å². The second-order valence-corrected chi connectivity index (χ2v) is 2.12. The highest BCUT2D eigenvalue weighted by atomic mass is 35.5. The van der Waals surface area contributed by atoms with Crippen LogP contribution in [-0.2, 0) is 0 Å². The molecular formula is C6H6ClN3O. The van der Waals surface area contributed by atoms with Gasteiger partial charge in [-0.2, -0.15) is 0 Å². The molecule has 0 aliphatic carbocycles. The van der Waals surface area contributed by atoms with Gasteiger partial charge < -0.3 is 5.73 Å². The average molecular weight is 172 g/mol. The minimum Gasteiger partial charge on any atom is -0.368 e. The van der Waals surface area contributed by atoms with Gasteiger partial charge in [0.25, 0.3) is 0 Å². The van der Waals surface area contributed by atoms with Crippen LogP contribution in [-0.4, -0.2) is 21.6 Å². The number of carbonyl (C=O) groups excluding carboxylic acids is 1. The number of nitrogen functional groups attached to an aromatic ring is 1. The Hall–Kier alpha value is -1.16. The normalized spacial score (nSPS) is 9.55. The third-order valence-electron chi connectivity index (χ3n) is 1.08. The summed E-state index contributed by atoms with van der Waals surface area (Å²) in [4.78, 5) is 18.2.